The van der Waals surface area contributed by atoms with Gasteiger partial charge in [-0.2, -0.15) is 5.10 Å². The maximum absolute atomic E-state index is 12.4. The topological polar surface area (TPSA) is 97.4 Å². The first-order valence-electron chi connectivity index (χ1n) is 8.58. The number of amides is 1. The lowest BCUT2D eigenvalue weighted by atomic mass is 9.84. The number of aryl methyl sites for hydroxylation is 2. The van der Waals surface area contributed by atoms with Crippen LogP contribution in [0.5, 0.6) is 0 Å². The number of carboxylic acids is 1. The Bertz CT molecular complexity index is 1030. The average molecular weight is 353 g/mol. The second-order valence-corrected chi connectivity index (χ2v) is 6.49. The zero-order valence-corrected chi connectivity index (χ0v) is 14.6. The molecule has 1 aliphatic heterocycles. The predicted molar refractivity (Wildman–Crippen MR) is 95.3 cm³/mol. The van der Waals surface area contributed by atoms with Crippen LogP contribution in [0.4, 0.5) is 5.82 Å². The van der Waals surface area contributed by atoms with E-state index in [-0.39, 0.29) is 24.8 Å². The highest BCUT2D eigenvalue weighted by atomic mass is 16.4. The SMILES string of the molecule is CCc1oc2ccccc2c1[C@@H]1CC(=O)Nc2c1c(C)nn2CC(=O)O. The van der Waals surface area contributed by atoms with Crippen molar-refractivity contribution in [2.75, 3.05) is 5.32 Å². The molecule has 1 amide bonds. The molecule has 0 aliphatic carbocycles. The summed E-state index contributed by atoms with van der Waals surface area (Å²) in [5, 5.41) is 17.3. The second-order valence-electron chi connectivity index (χ2n) is 6.49. The van der Waals surface area contributed by atoms with Crippen molar-refractivity contribution in [1.82, 2.24) is 9.78 Å². The summed E-state index contributed by atoms with van der Waals surface area (Å²) in [6.07, 6.45) is 0.989. The number of aromatic nitrogens is 2. The van der Waals surface area contributed by atoms with Gasteiger partial charge in [0, 0.05) is 35.3 Å². The van der Waals surface area contributed by atoms with Gasteiger partial charge in [0.15, 0.2) is 0 Å². The Balaban J connectivity index is 1.94. The number of aliphatic carboxylic acids is 1. The number of nitrogens with one attached hydrogen (secondary N) is 1. The molecule has 1 aromatic carbocycles. The summed E-state index contributed by atoms with van der Waals surface area (Å²) in [6, 6.07) is 7.79. The Morgan fingerprint density at radius 1 is 1.38 bits per heavy atom. The van der Waals surface area contributed by atoms with E-state index in [1.165, 1.54) is 4.68 Å². The Labute approximate surface area is 149 Å². The zero-order valence-electron chi connectivity index (χ0n) is 14.6. The molecule has 7 heteroatoms. The first-order chi connectivity index (χ1) is 12.5. The lowest BCUT2D eigenvalue weighted by Gasteiger charge is -2.24. The number of benzene rings is 1. The summed E-state index contributed by atoms with van der Waals surface area (Å²) in [7, 11) is 0. The lowest BCUT2D eigenvalue weighted by Crippen LogP contribution is -2.26. The molecule has 0 saturated heterocycles. The van der Waals surface area contributed by atoms with Crippen molar-refractivity contribution in [3.8, 4) is 0 Å². The highest BCUT2D eigenvalue weighted by molar-refractivity contribution is 5.96. The number of hydrogen-bond acceptors (Lipinski definition) is 4. The van der Waals surface area contributed by atoms with Crippen molar-refractivity contribution in [3.05, 3.63) is 46.8 Å². The molecule has 1 atom stereocenters. The number of anilines is 1. The van der Waals surface area contributed by atoms with E-state index in [1.807, 2.05) is 38.1 Å². The number of rotatable bonds is 4. The molecule has 3 heterocycles. The van der Waals surface area contributed by atoms with E-state index in [1.54, 1.807) is 0 Å². The minimum atomic E-state index is -1.00. The van der Waals surface area contributed by atoms with Crippen LogP contribution in [0.3, 0.4) is 0 Å². The molecule has 2 aromatic heterocycles. The van der Waals surface area contributed by atoms with Crippen LogP contribution in [-0.2, 0) is 22.6 Å². The highest BCUT2D eigenvalue weighted by Crippen LogP contribution is 2.44. The summed E-state index contributed by atoms with van der Waals surface area (Å²) < 4.78 is 7.36. The van der Waals surface area contributed by atoms with Crippen molar-refractivity contribution in [2.24, 2.45) is 0 Å². The third-order valence-corrected chi connectivity index (χ3v) is 4.83. The molecule has 0 bridgehead atoms. The summed E-state index contributed by atoms with van der Waals surface area (Å²) in [4.78, 5) is 23.5. The van der Waals surface area contributed by atoms with Gasteiger partial charge in [-0.3, -0.25) is 9.59 Å². The van der Waals surface area contributed by atoms with E-state index in [0.29, 0.717) is 12.2 Å². The number of para-hydroxylation sites is 1. The Morgan fingerprint density at radius 2 is 2.15 bits per heavy atom. The third-order valence-electron chi connectivity index (χ3n) is 4.83. The Morgan fingerprint density at radius 3 is 2.88 bits per heavy atom. The Kier molecular flexibility index (Phi) is 3.79. The monoisotopic (exact) mass is 353 g/mol. The number of hydrogen-bond donors (Lipinski definition) is 2. The van der Waals surface area contributed by atoms with Crippen molar-refractivity contribution < 1.29 is 19.1 Å². The summed E-state index contributed by atoms with van der Waals surface area (Å²) in [5.74, 6) is -0.0448. The fourth-order valence-electron chi connectivity index (χ4n) is 3.86. The number of furan rings is 1. The van der Waals surface area contributed by atoms with Crippen LogP contribution < -0.4 is 5.32 Å². The van der Waals surface area contributed by atoms with E-state index in [4.69, 9.17) is 9.52 Å². The van der Waals surface area contributed by atoms with Gasteiger partial charge in [-0.05, 0) is 13.0 Å². The second kappa shape index (κ2) is 6.01. The molecule has 2 N–H and O–H groups in total. The minimum Gasteiger partial charge on any atom is -0.480 e. The maximum Gasteiger partial charge on any atom is 0.325 e. The number of nitrogens with zero attached hydrogens (tertiary/aromatic N) is 2. The molecular formula is C19H19N3O4. The quantitative estimate of drug-likeness (QED) is 0.751. The van der Waals surface area contributed by atoms with Gasteiger partial charge < -0.3 is 14.8 Å². The third kappa shape index (κ3) is 2.47. The maximum atomic E-state index is 12.4. The molecule has 3 aromatic rings. The van der Waals surface area contributed by atoms with Crippen molar-refractivity contribution in [2.45, 2.75) is 39.2 Å². The molecular weight excluding hydrogens is 334 g/mol. The van der Waals surface area contributed by atoms with E-state index in [9.17, 15) is 9.59 Å². The highest BCUT2D eigenvalue weighted by Gasteiger charge is 2.35. The van der Waals surface area contributed by atoms with Crippen molar-refractivity contribution in [1.29, 1.82) is 0 Å². The molecule has 0 spiro atoms. The molecule has 4 rings (SSSR count). The van der Waals surface area contributed by atoms with Gasteiger partial charge in [-0.25, -0.2) is 4.68 Å². The van der Waals surface area contributed by atoms with Gasteiger partial charge in [0.25, 0.3) is 0 Å². The van der Waals surface area contributed by atoms with Crippen molar-refractivity contribution >= 4 is 28.7 Å². The Hall–Kier alpha value is -3.09. The van der Waals surface area contributed by atoms with Crippen LogP contribution in [-0.4, -0.2) is 26.8 Å². The molecule has 0 radical (unpaired) electrons. The van der Waals surface area contributed by atoms with E-state index in [0.717, 1.165) is 33.6 Å². The van der Waals surface area contributed by atoms with Crippen LogP contribution in [0.15, 0.2) is 28.7 Å². The molecule has 0 unspecified atom stereocenters. The van der Waals surface area contributed by atoms with Gasteiger partial charge in [-0.1, -0.05) is 25.1 Å². The minimum absolute atomic E-state index is 0.152. The first-order valence-corrected chi connectivity index (χ1v) is 8.58. The fraction of sp³-hybridized carbons (Fsp3) is 0.316. The number of fused-ring (bicyclic) bond motifs is 2. The normalized spacial score (nSPS) is 16.5. The lowest BCUT2D eigenvalue weighted by molar-refractivity contribution is -0.137. The van der Waals surface area contributed by atoms with Crippen LogP contribution >= 0.6 is 0 Å². The summed E-state index contributed by atoms with van der Waals surface area (Å²) >= 11 is 0. The van der Waals surface area contributed by atoms with E-state index >= 15 is 0 Å². The van der Waals surface area contributed by atoms with Crippen LogP contribution in [0.1, 0.15) is 41.8 Å². The summed E-state index contributed by atoms with van der Waals surface area (Å²) in [5.41, 5.74) is 3.38. The molecule has 0 fully saturated rings. The summed E-state index contributed by atoms with van der Waals surface area (Å²) in [6.45, 7) is 3.57. The fourth-order valence-corrected chi connectivity index (χ4v) is 3.86. The predicted octanol–water partition coefficient (Wildman–Crippen LogP) is 3.06. The van der Waals surface area contributed by atoms with Gasteiger partial charge in [0.2, 0.25) is 5.91 Å². The van der Waals surface area contributed by atoms with Gasteiger partial charge in [0.1, 0.15) is 23.7 Å². The van der Waals surface area contributed by atoms with Crippen LogP contribution in [0, 0.1) is 6.92 Å². The van der Waals surface area contributed by atoms with Crippen LogP contribution in [0.2, 0.25) is 0 Å². The first kappa shape index (κ1) is 16.4. The molecule has 26 heavy (non-hydrogen) atoms. The largest absolute Gasteiger partial charge is 0.480 e. The van der Waals surface area contributed by atoms with Crippen molar-refractivity contribution in [3.63, 3.8) is 0 Å². The molecule has 7 nitrogen and oxygen atoms in total. The standard InChI is InChI=1S/C19H19N3O4/c1-3-13-18(11-6-4-5-7-14(11)26-13)12-8-15(23)20-19-17(12)10(2)21-22(19)9-16(24)25/h4-7,12H,3,8-9H2,1-2H3,(H,20,23)(H,24,25)/t12-/m1/s1. The molecule has 0 saturated carbocycles. The number of carbonyl (C=O) groups excluding carboxylic acids is 1. The van der Waals surface area contributed by atoms with E-state index in [2.05, 4.69) is 10.4 Å². The van der Waals surface area contributed by atoms with Crippen LogP contribution in [0.25, 0.3) is 11.0 Å². The van der Waals surface area contributed by atoms with Gasteiger partial charge in [0.05, 0.1) is 5.69 Å². The number of carboxylic acid groups (broad SMARTS) is 1. The zero-order chi connectivity index (χ0) is 18.4. The number of carbonyl (C=O) groups is 2. The van der Waals surface area contributed by atoms with Gasteiger partial charge >= 0.3 is 5.97 Å². The van der Waals surface area contributed by atoms with E-state index < -0.39 is 5.97 Å². The molecule has 134 valence electrons. The van der Waals surface area contributed by atoms with Gasteiger partial charge in [-0.15, -0.1) is 0 Å². The average Bonchev–Trinajstić information content (AvgIpc) is 3.11. The molecule has 1 aliphatic rings. The smallest absolute Gasteiger partial charge is 0.325 e.